The predicted octanol–water partition coefficient (Wildman–Crippen LogP) is 4.47. The number of non-ortho nitro benzene ring substituents is 1. The molecule has 9 heteroatoms. The van der Waals surface area contributed by atoms with Crippen LogP contribution in [0.5, 0.6) is 0 Å². The number of carbonyl (C=O) groups excluding carboxylic acids is 1. The number of nitrogens with zero attached hydrogens (tertiary/aromatic N) is 4. The fourth-order valence-corrected chi connectivity index (χ4v) is 3.68. The summed E-state index contributed by atoms with van der Waals surface area (Å²) in [5.74, 6) is 0.415. The minimum Gasteiger partial charge on any atom is -0.325 e. The second-order valence-corrected chi connectivity index (χ2v) is 7.94. The van der Waals surface area contributed by atoms with Crippen LogP contribution in [0.3, 0.4) is 0 Å². The van der Waals surface area contributed by atoms with Crippen LogP contribution in [0.1, 0.15) is 12.5 Å². The molecule has 1 atom stereocenters. The summed E-state index contributed by atoms with van der Waals surface area (Å²) in [5.41, 5.74) is 2.33. The molecule has 30 heavy (non-hydrogen) atoms. The normalized spacial score (nSPS) is 11.7. The van der Waals surface area contributed by atoms with Crippen molar-refractivity contribution in [2.45, 2.75) is 30.8 Å². The molecule has 0 aliphatic heterocycles. The lowest BCUT2D eigenvalue weighted by molar-refractivity contribution is -0.384. The van der Waals surface area contributed by atoms with Crippen LogP contribution in [0.25, 0.3) is 11.4 Å². The van der Waals surface area contributed by atoms with Gasteiger partial charge in [-0.1, -0.05) is 47.7 Å². The van der Waals surface area contributed by atoms with E-state index in [4.69, 9.17) is 0 Å². The van der Waals surface area contributed by atoms with Gasteiger partial charge in [-0.25, -0.2) is 0 Å². The highest BCUT2D eigenvalue weighted by Gasteiger charge is 2.21. The monoisotopic (exact) mass is 423 g/mol. The van der Waals surface area contributed by atoms with Crippen molar-refractivity contribution in [3.8, 4) is 11.4 Å². The van der Waals surface area contributed by atoms with Gasteiger partial charge in [0, 0.05) is 29.9 Å². The second-order valence-electron chi connectivity index (χ2n) is 6.63. The highest BCUT2D eigenvalue weighted by atomic mass is 32.2. The number of rotatable bonds is 8. The summed E-state index contributed by atoms with van der Waals surface area (Å²) in [4.78, 5) is 23.0. The lowest BCUT2D eigenvalue weighted by Gasteiger charge is -2.13. The van der Waals surface area contributed by atoms with Crippen LogP contribution in [-0.2, 0) is 11.3 Å². The molecule has 1 heterocycles. The van der Waals surface area contributed by atoms with Crippen molar-refractivity contribution in [1.29, 1.82) is 0 Å². The van der Waals surface area contributed by atoms with Crippen LogP contribution in [0.2, 0.25) is 0 Å². The van der Waals surface area contributed by atoms with E-state index in [2.05, 4.69) is 22.1 Å². The number of thioether (sulfide) groups is 1. The molecule has 0 saturated carbocycles. The minimum atomic E-state index is -0.502. The standard InChI is InChI=1S/C21H21N5O3S/c1-4-11-25-19(16-8-5-7-14(2)12-16)23-24-21(25)30-15(3)20(27)22-17-9-6-10-18(13-17)26(28)29/h4-10,12-13,15H,1,11H2,2-3H3,(H,22,27). The van der Waals surface area contributed by atoms with E-state index >= 15 is 0 Å². The summed E-state index contributed by atoms with van der Waals surface area (Å²) in [6, 6.07) is 13.8. The number of amides is 1. The van der Waals surface area contributed by atoms with Crippen molar-refractivity contribution in [2.75, 3.05) is 5.32 Å². The van der Waals surface area contributed by atoms with Crippen LogP contribution >= 0.6 is 11.8 Å². The van der Waals surface area contributed by atoms with E-state index in [9.17, 15) is 14.9 Å². The largest absolute Gasteiger partial charge is 0.325 e. The van der Waals surface area contributed by atoms with Gasteiger partial charge in [0.2, 0.25) is 5.91 Å². The molecular weight excluding hydrogens is 402 g/mol. The van der Waals surface area contributed by atoms with Crippen molar-refractivity contribution in [3.05, 3.63) is 76.9 Å². The van der Waals surface area contributed by atoms with Crippen LogP contribution in [0.4, 0.5) is 11.4 Å². The van der Waals surface area contributed by atoms with Gasteiger partial charge < -0.3 is 5.32 Å². The number of aromatic nitrogens is 3. The molecule has 0 aliphatic rings. The topological polar surface area (TPSA) is 103 Å². The number of nitro groups is 1. The molecule has 3 aromatic rings. The Morgan fingerprint density at radius 2 is 2.07 bits per heavy atom. The van der Waals surface area contributed by atoms with E-state index in [1.807, 2.05) is 35.8 Å². The van der Waals surface area contributed by atoms with Crippen molar-refractivity contribution >= 4 is 29.0 Å². The number of aryl methyl sites for hydroxylation is 1. The van der Waals surface area contributed by atoms with Crippen LogP contribution in [-0.4, -0.2) is 30.8 Å². The average Bonchev–Trinajstić information content (AvgIpc) is 3.10. The van der Waals surface area contributed by atoms with Gasteiger partial charge in [0.1, 0.15) is 0 Å². The van der Waals surface area contributed by atoms with E-state index in [1.165, 1.54) is 30.0 Å². The van der Waals surface area contributed by atoms with Crippen molar-refractivity contribution in [3.63, 3.8) is 0 Å². The second kappa shape index (κ2) is 9.36. The number of nitro benzene ring substituents is 1. The molecule has 0 fully saturated rings. The summed E-state index contributed by atoms with van der Waals surface area (Å²) in [6.07, 6.45) is 1.75. The molecule has 0 radical (unpaired) electrons. The van der Waals surface area contributed by atoms with Crippen molar-refractivity contribution < 1.29 is 9.72 Å². The summed E-state index contributed by atoms with van der Waals surface area (Å²) in [7, 11) is 0. The minimum absolute atomic E-state index is 0.0818. The maximum atomic E-state index is 12.6. The molecule has 0 aliphatic carbocycles. The van der Waals surface area contributed by atoms with Gasteiger partial charge in [-0.15, -0.1) is 16.8 Å². The molecule has 2 aromatic carbocycles. The zero-order valence-corrected chi connectivity index (χ0v) is 17.4. The zero-order valence-electron chi connectivity index (χ0n) is 16.6. The van der Waals surface area contributed by atoms with Gasteiger partial charge in [0.15, 0.2) is 11.0 Å². The lowest BCUT2D eigenvalue weighted by atomic mass is 10.1. The van der Waals surface area contributed by atoms with E-state index < -0.39 is 10.2 Å². The Morgan fingerprint density at radius 3 is 2.77 bits per heavy atom. The van der Waals surface area contributed by atoms with Gasteiger partial charge in [-0.2, -0.15) is 0 Å². The van der Waals surface area contributed by atoms with Crippen molar-refractivity contribution in [2.24, 2.45) is 0 Å². The number of nitrogens with one attached hydrogen (secondary N) is 1. The molecule has 154 valence electrons. The Labute approximate surface area is 178 Å². The molecule has 0 spiro atoms. The molecule has 1 N–H and O–H groups in total. The Kier molecular flexibility index (Phi) is 6.63. The molecule has 8 nitrogen and oxygen atoms in total. The fourth-order valence-electron chi connectivity index (χ4n) is 2.82. The third kappa shape index (κ3) is 4.93. The lowest BCUT2D eigenvalue weighted by Crippen LogP contribution is -2.23. The van der Waals surface area contributed by atoms with Crippen LogP contribution in [0.15, 0.2) is 66.3 Å². The first-order valence-electron chi connectivity index (χ1n) is 9.22. The Bertz CT molecular complexity index is 1100. The summed E-state index contributed by atoms with van der Waals surface area (Å²) >= 11 is 1.26. The maximum absolute atomic E-state index is 12.6. The smallest absolute Gasteiger partial charge is 0.271 e. The van der Waals surface area contributed by atoms with Gasteiger partial charge in [-0.05, 0) is 26.0 Å². The van der Waals surface area contributed by atoms with E-state index in [1.54, 1.807) is 19.1 Å². The fraction of sp³-hybridized carbons (Fsp3) is 0.190. The first-order valence-corrected chi connectivity index (χ1v) is 10.1. The Morgan fingerprint density at radius 1 is 1.30 bits per heavy atom. The molecular formula is C21H21N5O3S. The number of carbonyl (C=O) groups is 1. The van der Waals surface area contributed by atoms with Gasteiger partial charge in [0.05, 0.1) is 10.2 Å². The third-order valence-electron chi connectivity index (χ3n) is 4.28. The van der Waals surface area contributed by atoms with E-state index in [-0.39, 0.29) is 11.6 Å². The summed E-state index contributed by atoms with van der Waals surface area (Å²) < 4.78 is 1.91. The average molecular weight is 423 g/mol. The highest BCUT2D eigenvalue weighted by Crippen LogP contribution is 2.28. The number of allylic oxidation sites excluding steroid dienone is 1. The quantitative estimate of drug-likeness (QED) is 0.248. The number of anilines is 1. The van der Waals surface area contributed by atoms with Crippen molar-refractivity contribution in [1.82, 2.24) is 14.8 Å². The predicted molar refractivity (Wildman–Crippen MR) is 117 cm³/mol. The molecule has 1 unspecified atom stereocenters. The molecule has 0 saturated heterocycles. The number of benzene rings is 2. The van der Waals surface area contributed by atoms with Gasteiger partial charge >= 0.3 is 0 Å². The van der Waals surface area contributed by atoms with E-state index in [0.29, 0.717) is 23.2 Å². The number of hydrogen-bond acceptors (Lipinski definition) is 6. The maximum Gasteiger partial charge on any atom is 0.271 e. The van der Waals surface area contributed by atoms with Crippen LogP contribution < -0.4 is 5.32 Å². The molecule has 3 rings (SSSR count). The molecule has 0 bridgehead atoms. The van der Waals surface area contributed by atoms with E-state index in [0.717, 1.165) is 11.1 Å². The molecule has 1 amide bonds. The van der Waals surface area contributed by atoms with Gasteiger partial charge in [0.25, 0.3) is 5.69 Å². The first-order chi connectivity index (χ1) is 14.4. The van der Waals surface area contributed by atoms with Gasteiger partial charge in [-0.3, -0.25) is 19.5 Å². The van der Waals surface area contributed by atoms with Crippen LogP contribution in [0, 0.1) is 17.0 Å². The third-order valence-corrected chi connectivity index (χ3v) is 5.36. The first kappa shape index (κ1) is 21.3. The number of hydrogen-bond donors (Lipinski definition) is 1. The zero-order chi connectivity index (χ0) is 21.7. The molecule has 1 aromatic heterocycles. The summed E-state index contributed by atoms with van der Waals surface area (Å²) in [5, 5.41) is 22.3. The Hall–Kier alpha value is -3.46. The Balaban J connectivity index is 1.78. The SMILES string of the molecule is C=CCn1c(SC(C)C(=O)Nc2cccc([N+](=O)[O-])c2)nnc1-c1cccc(C)c1. The highest BCUT2D eigenvalue weighted by molar-refractivity contribution is 8.00. The summed E-state index contributed by atoms with van der Waals surface area (Å²) in [6.45, 7) is 8.05.